The molecule has 0 unspecified atom stereocenters. The summed E-state index contributed by atoms with van der Waals surface area (Å²) in [5.41, 5.74) is 1.19. The first kappa shape index (κ1) is 25.4. The predicted octanol–water partition coefficient (Wildman–Crippen LogP) is 2.56. The summed E-state index contributed by atoms with van der Waals surface area (Å²) < 4.78 is 0. The number of terminal acetylenes is 1. The summed E-state index contributed by atoms with van der Waals surface area (Å²) in [7, 11) is 3.88. The molecular weight excluding hydrogens is 446 g/mol. The Morgan fingerprint density at radius 3 is 2.54 bits per heavy atom. The van der Waals surface area contributed by atoms with E-state index in [1.165, 1.54) is 50.0 Å². The Hall–Kier alpha value is -4.27. The van der Waals surface area contributed by atoms with Gasteiger partial charge in [-0.3, -0.25) is 14.9 Å². The Labute approximate surface area is 205 Å². The number of nitrogens with one attached hydrogen (secondary N) is 3. The largest absolute Gasteiger partial charge is 0.347 e. The molecule has 35 heavy (non-hydrogen) atoms. The smallest absolute Gasteiger partial charge is 0.235 e. The molecule has 3 aromatic heterocycles. The zero-order chi connectivity index (χ0) is 25.2. The molecule has 3 aromatic rings. The highest BCUT2D eigenvalue weighted by Crippen LogP contribution is 2.39. The van der Waals surface area contributed by atoms with Crippen molar-refractivity contribution in [3.8, 4) is 12.8 Å². The van der Waals surface area contributed by atoms with Crippen LogP contribution in [0.5, 0.6) is 0 Å². The Kier molecular flexibility index (Phi) is 8.89. The van der Waals surface area contributed by atoms with E-state index < -0.39 is 0 Å². The van der Waals surface area contributed by atoms with Crippen molar-refractivity contribution in [2.75, 3.05) is 41.1 Å². The summed E-state index contributed by atoms with van der Waals surface area (Å²) in [5.74, 6) is 3.79. The summed E-state index contributed by atoms with van der Waals surface area (Å²) in [5, 5.41) is 13.0. The third-order valence-corrected chi connectivity index (χ3v) is 5.45. The molecule has 12 nitrogen and oxygen atoms in total. The van der Waals surface area contributed by atoms with Gasteiger partial charge in [0, 0.05) is 56.8 Å². The fraction of sp³-hybridized carbons (Fsp3) is 0.435. The lowest BCUT2D eigenvalue weighted by Gasteiger charge is -2.23. The minimum atomic E-state index is 0.460. The maximum absolute atomic E-state index is 9.80. The number of anilines is 5. The molecule has 0 radical (unpaired) electrons. The molecule has 0 spiro atoms. The van der Waals surface area contributed by atoms with Gasteiger partial charge in [0.25, 0.3) is 0 Å². The number of hydrogen-bond acceptors (Lipinski definition) is 10. The number of carbonyl (C=O) groups excluding carboxylic acids is 1. The SMILES string of the molecule is C#C.C[C@H]1CCCN1c1nc(Nc2cc(C3CC3)[nH]n2)nc(N(C)C)n1.O=CNc1cnccn1. The van der Waals surface area contributed by atoms with Gasteiger partial charge in [0.1, 0.15) is 0 Å². The molecule has 2 aliphatic rings. The minimum Gasteiger partial charge on any atom is -0.347 e. The summed E-state index contributed by atoms with van der Waals surface area (Å²) in [6.45, 7) is 3.21. The second-order valence-electron chi connectivity index (χ2n) is 8.30. The van der Waals surface area contributed by atoms with Crippen LogP contribution in [0.2, 0.25) is 0 Å². The maximum atomic E-state index is 9.80. The van der Waals surface area contributed by atoms with Crippen LogP contribution in [-0.2, 0) is 4.79 Å². The summed E-state index contributed by atoms with van der Waals surface area (Å²) in [4.78, 5) is 35.2. The van der Waals surface area contributed by atoms with Crippen LogP contribution in [0.4, 0.5) is 29.5 Å². The van der Waals surface area contributed by atoms with Gasteiger partial charge in [0.2, 0.25) is 24.3 Å². The standard InChI is InChI=1S/C16H24N8.C5H5N3O.C2H2/c1-10-5-4-8-24(10)16-19-14(18-15(20-16)23(2)3)17-13-9-12(21-22-13)11-6-7-11;9-4-8-5-3-6-1-2-7-5;1-2/h9-11H,4-8H2,1-3H3,(H2,17,18,19,20,21,22);1-4H,(H,7,8,9);1-2H/t10-;;/m0../s1. The van der Waals surface area contributed by atoms with Crippen molar-refractivity contribution in [1.29, 1.82) is 0 Å². The number of aromatic amines is 1. The van der Waals surface area contributed by atoms with Gasteiger partial charge in [-0.25, -0.2) is 4.98 Å². The van der Waals surface area contributed by atoms with Crippen LogP contribution in [0.15, 0.2) is 24.7 Å². The Balaban J connectivity index is 0.000000262. The van der Waals surface area contributed by atoms with E-state index in [2.05, 4.69) is 76.5 Å². The van der Waals surface area contributed by atoms with E-state index in [4.69, 9.17) is 0 Å². The molecular formula is C23H31N11O. The predicted molar refractivity (Wildman–Crippen MR) is 136 cm³/mol. The van der Waals surface area contributed by atoms with E-state index in [0.29, 0.717) is 36.1 Å². The van der Waals surface area contributed by atoms with Crippen molar-refractivity contribution in [3.05, 3.63) is 30.4 Å². The maximum Gasteiger partial charge on any atom is 0.235 e. The average Bonchev–Trinajstić information content (AvgIpc) is 3.47. The monoisotopic (exact) mass is 477 g/mol. The van der Waals surface area contributed by atoms with Crippen LogP contribution in [0.25, 0.3) is 0 Å². The Bertz CT molecular complexity index is 1100. The molecule has 3 N–H and O–H groups in total. The summed E-state index contributed by atoms with van der Waals surface area (Å²) >= 11 is 0. The lowest BCUT2D eigenvalue weighted by molar-refractivity contribution is -0.105. The highest BCUT2D eigenvalue weighted by Gasteiger charge is 2.26. The van der Waals surface area contributed by atoms with Crippen molar-refractivity contribution in [3.63, 3.8) is 0 Å². The molecule has 0 bridgehead atoms. The molecule has 1 saturated heterocycles. The van der Waals surface area contributed by atoms with E-state index in [0.717, 1.165) is 18.3 Å². The van der Waals surface area contributed by atoms with Crippen LogP contribution in [0.1, 0.15) is 44.2 Å². The number of carbonyl (C=O) groups is 1. The van der Waals surface area contributed by atoms with Crippen molar-refractivity contribution >= 4 is 35.9 Å². The minimum absolute atomic E-state index is 0.460. The first-order valence-electron chi connectivity index (χ1n) is 11.4. The highest BCUT2D eigenvalue weighted by atomic mass is 16.1. The molecule has 184 valence electrons. The molecule has 4 heterocycles. The normalized spacial score (nSPS) is 16.3. The number of amides is 1. The van der Waals surface area contributed by atoms with Gasteiger partial charge in [0.05, 0.1) is 6.20 Å². The number of nitrogens with zero attached hydrogens (tertiary/aromatic N) is 8. The molecule has 1 aliphatic carbocycles. The van der Waals surface area contributed by atoms with Crippen molar-refractivity contribution in [1.82, 2.24) is 35.1 Å². The van der Waals surface area contributed by atoms with E-state index in [1.807, 2.05) is 19.0 Å². The summed E-state index contributed by atoms with van der Waals surface area (Å²) in [6, 6.07) is 2.51. The number of hydrogen-bond donors (Lipinski definition) is 3. The van der Waals surface area contributed by atoms with Crippen LogP contribution < -0.4 is 20.4 Å². The van der Waals surface area contributed by atoms with E-state index in [-0.39, 0.29) is 0 Å². The lowest BCUT2D eigenvalue weighted by Crippen LogP contribution is -2.29. The highest BCUT2D eigenvalue weighted by molar-refractivity contribution is 5.67. The fourth-order valence-corrected chi connectivity index (χ4v) is 3.52. The molecule has 5 rings (SSSR count). The fourth-order valence-electron chi connectivity index (χ4n) is 3.52. The molecule has 12 heteroatoms. The van der Waals surface area contributed by atoms with E-state index >= 15 is 0 Å². The van der Waals surface area contributed by atoms with Gasteiger partial charge >= 0.3 is 0 Å². The van der Waals surface area contributed by atoms with Crippen molar-refractivity contribution in [2.45, 2.75) is 44.6 Å². The quantitative estimate of drug-likeness (QED) is 0.343. The molecule has 2 fully saturated rings. The molecule has 1 aliphatic heterocycles. The van der Waals surface area contributed by atoms with Gasteiger partial charge < -0.3 is 20.4 Å². The second-order valence-corrected chi connectivity index (χ2v) is 8.30. The number of aromatic nitrogens is 7. The third-order valence-electron chi connectivity index (χ3n) is 5.45. The Morgan fingerprint density at radius 1 is 1.14 bits per heavy atom. The zero-order valence-electron chi connectivity index (χ0n) is 20.2. The van der Waals surface area contributed by atoms with Gasteiger partial charge in [-0.2, -0.15) is 20.1 Å². The topological polar surface area (TPSA) is 141 Å². The van der Waals surface area contributed by atoms with Crippen LogP contribution >= 0.6 is 0 Å². The molecule has 1 amide bonds. The van der Waals surface area contributed by atoms with Crippen molar-refractivity contribution in [2.24, 2.45) is 0 Å². The molecule has 0 aromatic carbocycles. The average molecular weight is 478 g/mol. The summed E-state index contributed by atoms with van der Waals surface area (Å²) in [6.07, 6.45) is 17.9. The van der Waals surface area contributed by atoms with Gasteiger partial charge in [-0.15, -0.1) is 12.8 Å². The van der Waals surface area contributed by atoms with Crippen LogP contribution in [0, 0.1) is 12.8 Å². The zero-order valence-corrected chi connectivity index (χ0v) is 20.2. The van der Waals surface area contributed by atoms with E-state index in [9.17, 15) is 4.79 Å². The first-order valence-corrected chi connectivity index (χ1v) is 11.4. The van der Waals surface area contributed by atoms with Gasteiger partial charge in [-0.1, -0.05) is 0 Å². The second kappa shape index (κ2) is 12.3. The van der Waals surface area contributed by atoms with Gasteiger partial charge in [-0.05, 0) is 32.6 Å². The number of H-pyrrole nitrogens is 1. The third kappa shape index (κ3) is 7.10. The van der Waals surface area contributed by atoms with Crippen molar-refractivity contribution < 1.29 is 4.79 Å². The lowest BCUT2D eigenvalue weighted by atomic mass is 10.2. The molecule has 1 saturated carbocycles. The van der Waals surface area contributed by atoms with E-state index in [1.54, 1.807) is 0 Å². The number of rotatable bonds is 7. The first-order chi connectivity index (χ1) is 17.0. The molecule has 1 atom stereocenters. The van der Waals surface area contributed by atoms with Crippen LogP contribution in [-0.4, -0.2) is 68.2 Å². The Morgan fingerprint density at radius 2 is 1.94 bits per heavy atom. The van der Waals surface area contributed by atoms with Crippen LogP contribution in [0.3, 0.4) is 0 Å². The van der Waals surface area contributed by atoms with Gasteiger partial charge in [0.15, 0.2) is 11.6 Å².